The predicted octanol–water partition coefficient (Wildman–Crippen LogP) is 5.78. The van der Waals surface area contributed by atoms with Gasteiger partial charge in [0.15, 0.2) is 11.5 Å². The Balaban J connectivity index is 1.42. The molecule has 3 aromatic rings. The van der Waals surface area contributed by atoms with E-state index in [0.29, 0.717) is 41.2 Å². The molecule has 2 aromatic carbocycles. The van der Waals surface area contributed by atoms with Crippen LogP contribution in [0.15, 0.2) is 48.7 Å². The third kappa shape index (κ3) is 4.99. The van der Waals surface area contributed by atoms with Gasteiger partial charge in [0.1, 0.15) is 11.5 Å². The molecule has 0 atom stereocenters. The molecule has 31 heavy (non-hydrogen) atoms. The second-order valence-electron chi connectivity index (χ2n) is 7.53. The Labute approximate surface area is 181 Å². The van der Waals surface area contributed by atoms with E-state index in [2.05, 4.69) is 10.3 Å². The van der Waals surface area contributed by atoms with Crippen LogP contribution in [0, 0.1) is 5.92 Å². The minimum Gasteiger partial charge on any atom is -0.493 e. The lowest BCUT2D eigenvalue weighted by molar-refractivity contribution is 0.142. The van der Waals surface area contributed by atoms with Crippen LogP contribution >= 0.6 is 0 Å². The minimum atomic E-state index is -0.429. The number of fused-ring (bicyclic) bond motifs is 1. The van der Waals surface area contributed by atoms with E-state index < -0.39 is 6.09 Å². The molecular weight excluding hydrogens is 396 g/mol. The fourth-order valence-corrected chi connectivity index (χ4v) is 3.79. The smallest absolute Gasteiger partial charge is 0.411 e. The highest BCUT2D eigenvalue weighted by Gasteiger charge is 2.17. The van der Waals surface area contributed by atoms with E-state index in [9.17, 15) is 4.79 Å². The topological polar surface area (TPSA) is 78.9 Å². The molecule has 162 valence electrons. The Morgan fingerprint density at radius 1 is 1.00 bits per heavy atom. The van der Waals surface area contributed by atoms with E-state index in [1.165, 1.54) is 12.8 Å². The largest absolute Gasteiger partial charge is 0.493 e. The number of nitrogens with zero attached hydrogens (tertiary/aromatic N) is 1. The highest BCUT2D eigenvalue weighted by Crippen LogP contribution is 2.37. The van der Waals surface area contributed by atoms with Gasteiger partial charge in [-0.2, -0.15) is 0 Å². The van der Waals surface area contributed by atoms with Crippen molar-refractivity contribution in [1.29, 1.82) is 0 Å². The van der Waals surface area contributed by atoms with E-state index in [1.807, 2.05) is 12.1 Å². The molecule has 0 unspecified atom stereocenters. The van der Waals surface area contributed by atoms with E-state index in [-0.39, 0.29) is 0 Å². The lowest BCUT2D eigenvalue weighted by atomic mass is 10.1. The van der Waals surface area contributed by atoms with E-state index in [1.54, 1.807) is 50.7 Å². The standard InChI is InChI=1S/C24H26N2O5/c1-28-22-13-19-20(14-23(22)29-2)25-12-11-21(19)31-18-9-7-17(8-10-18)26-24(27)30-15-16-5-3-4-6-16/h7-14,16H,3-6,15H2,1-2H3,(H,26,27). The third-order valence-corrected chi connectivity index (χ3v) is 5.46. The minimum absolute atomic E-state index is 0.429. The van der Waals surface area contributed by atoms with Crippen molar-refractivity contribution < 1.29 is 23.7 Å². The number of anilines is 1. The predicted molar refractivity (Wildman–Crippen MR) is 118 cm³/mol. The number of amides is 1. The molecule has 0 aliphatic heterocycles. The summed E-state index contributed by atoms with van der Waals surface area (Å²) in [6.45, 7) is 0.483. The molecule has 0 spiro atoms. The van der Waals surface area contributed by atoms with Gasteiger partial charge in [0.05, 0.1) is 26.3 Å². The first-order valence-electron chi connectivity index (χ1n) is 10.4. The summed E-state index contributed by atoms with van der Waals surface area (Å²) in [6, 6.07) is 12.6. The van der Waals surface area contributed by atoms with Crippen molar-refractivity contribution in [3.63, 3.8) is 0 Å². The molecule has 0 radical (unpaired) electrons. The molecule has 1 amide bonds. The van der Waals surface area contributed by atoms with Crippen LogP contribution in [0.25, 0.3) is 10.9 Å². The summed E-state index contributed by atoms with van der Waals surface area (Å²) in [4.78, 5) is 16.4. The number of hydrogen-bond acceptors (Lipinski definition) is 6. The summed E-state index contributed by atoms with van der Waals surface area (Å²) in [5.74, 6) is 2.98. The van der Waals surface area contributed by atoms with Crippen molar-refractivity contribution in [2.24, 2.45) is 5.92 Å². The SMILES string of the molecule is COc1cc2nccc(Oc3ccc(NC(=O)OCC4CCCC4)cc3)c2cc1OC. The van der Waals surface area contributed by atoms with Crippen molar-refractivity contribution in [2.45, 2.75) is 25.7 Å². The number of aromatic nitrogens is 1. The molecule has 1 aliphatic rings. The zero-order valence-corrected chi connectivity index (χ0v) is 17.7. The zero-order chi connectivity index (χ0) is 21.6. The Morgan fingerprint density at radius 2 is 1.71 bits per heavy atom. The van der Waals surface area contributed by atoms with Gasteiger partial charge in [-0.15, -0.1) is 0 Å². The average molecular weight is 422 g/mol. The van der Waals surface area contributed by atoms with Crippen molar-refractivity contribution in [3.8, 4) is 23.0 Å². The van der Waals surface area contributed by atoms with Crippen molar-refractivity contribution in [2.75, 3.05) is 26.1 Å². The van der Waals surface area contributed by atoms with Gasteiger partial charge in [0.2, 0.25) is 0 Å². The number of pyridine rings is 1. The molecule has 0 bridgehead atoms. The van der Waals surface area contributed by atoms with Crippen LogP contribution in [0.2, 0.25) is 0 Å². The van der Waals surface area contributed by atoms with Gasteiger partial charge in [0, 0.05) is 23.3 Å². The summed E-state index contributed by atoms with van der Waals surface area (Å²) >= 11 is 0. The summed E-state index contributed by atoms with van der Waals surface area (Å²) in [5.41, 5.74) is 1.38. The fourth-order valence-electron chi connectivity index (χ4n) is 3.79. The second kappa shape index (κ2) is 9.55. The lowest BCUT2D eigenvalue weighted by Crippen LogP contribution is -2.17. The van der Waals surface area contributed by atoms with Gasteiger partial charge < -0.3 is 18.9 Å². The summed E-state index contributed by atoms with van der Waals surface area (Å²) < 4.78 is 22.1. The van der Waals surface area contributed by atoms with Gasteiger partial charge in [-0.25, -0.2) is 4.79 Å². The molecule has 1 heterocycles. The average Bonchev–Trinajstić information content (AvgIpc) is 3.32. The maximum atomic E-state index is 12.0. The van der Waals surface area contributed by atoms with Gasteiger partial charge in [-0.1, -0.05) is 12.8 Å². The van der Waals surface area contributed by atoms with Gasteiger partial charge >= 0.3 is 6.09 Å². The van der Waals surface area contributed by atoms with Crippen molar-refractivity contribution in [3.05, 3.63) is 48.7 Å². The monoisotopic (exact) mass is 422 g/mol. The van der Waals surface area contributed by atoms with E-state index in [0.717, 1.165) is 23.7 Å². The van der Waals surface area contributed by atoms with E-state index in [4.69, 9.17) is 18.9 Å². The summed E-state index contributed by atoms with van der Waals surface area (Å²) in [5, 5.41) is 3.56. The highest BCUT2D eigenvalue weighted by atomic mass is 16.5. The van der Waals surface area contributed by atoms with Crippen LogP contribution in [0.4, 0.5) is 10.5 Å². The number of hydrogen-bond donors (Lipinski definition) is 1. The normalized spacial score (nSPS) is 13.7. The second-order valence-corrected chi connectivity index (χ2v) is 7.53. The molecule has 4 rings (SSSR count). The number of nitrogens with one attached hydrogen (secondary N) is 1. The lowest BCUT2D eigenvalue weighted by Gasteiger charge is -2.13. The molecule has 1 fully saturated rings. The highest BCUT2D eigenvalue weighted by molar-refractivity contribution is 5.88. The van der Waals surface area contributed by atoms with E-state index >= 15 is 0 Å². The fraction of sp³-hybridized carbons (Fsp3) is 0.333. The number of rotatable bonds is 7. The number of carbonyl (C=O) groups is 1. The molecule has 1 N–H and O–H groups in total. The van der Waals surface area contributed by atoms with Gasteiger partial charge in [-0.3, -0.25) is 10.3 Å². The Hall–Kier alpha value is -3.48. The molecule has 1 saturated carbocycles. The maximum Gasteiger partial charge on any atom is 0.411 e. The first-order chi connectivity index (χ1) is 15.2. The molecule has 0 saturated heterocycles. The zero-order valence-electron chi connectivity index (χ0n) is 17.7. The van der Waals surface area contributed by atoms with Crippen LogP contribution in [-0.2, 0) is 4.74 Å². The van der Waals surface area contributed by atoms with Gasteiger partial charge in [0.25, 0.3) is 0 Å². The summed E-state index contributed by atoms with van der Waals surface area (Å²) in [6.07, 6.45) is 5.99. The number of methoxy groups -OCH3 is 2. The number of carbonyl (C=O) groups excluding carboxylic acids is 1. The molecule has 1 aromatic heterocycles. The van der Waals surface area contributed by atoms with Crippen molar-refractivity contribution >= 4 is 22.7 Å². The van der Waals surface area contributed by atoms with Crippen LogP contribution in [0.1, 0.15) is 25.7 Å². The number of benzene rings is 2. The van der Waals surface area contributed by atoms with Crippen LogP contribution < -0.4 is 19.5 Å². The van der Waals surface area contributed by atoms with Gasteiger partial charge in [-0.05, 0) is 55.2 Å². The first kappa shape index (κ1) is 20.8. The summed E-state index contributed by atoms with van der Waals surface area (Å²) in [7, 11) is 3.18. The Kier molecular flexibility index (Phi) is 6.40. The third-order valence-electron chi connectivity index (χ3n) is 5.46. The van der Waals surface area contributed by atoms with Crippen LogP contribution in [0.3, 0.4) is 0 Å². The molecule has 1 aliphatic carbocycles. The molecular formula is C24H26N2O5. The Morgan fingerprint density at radius 3 is 2.42 bits per heavy atom. The Bertz CT molecular complexity index is 1050. The molecule has 7 heteroatoms. The van der Waals surface area contributed by atoms with Crippen molar-refractivity contribution in [1.82, 2.24) is 4.98 Å². The number of ether oxygens (including phenoxy) is 4. The quantitative estimate of drug-likeness (QED) is 0.520. The van der Waals surface area contributed by atoms with Crippen LogP contribution in [0.5, 0.6) is 23.0 Å². The van der Waals surface area contributed by atoms with Crippen LogP contribution in [-0.4, -0.2) is 31.9 Å². The maximum absolute atomic E-state index is 12.0. The first-order valence-corrected chi connectivity index (χ1v) is 10.4. The molecule has 7 nitrogen and oxygen atoms in total.